The second-order valence-corrected chi connectivity index (χ2v) is 6.58. The zero-order valence-corrected chi connectivity index (χ0v) is 15.8. The summed E-state index contributed by atoms with van der Waals surface area (Å²) in [6.45, 7) is 0. The molecule has 0 fully saturated rings. The SMILES string of the molecule is O=C(N[C-]=Nc1[c-]cc2c(c1)OC(F)(F)O2)c1csc(-c2ccsc2)n1.[Mn+2]. The van der Waals surface area contributed by atoms with Crippen LogP contribution in [0.25, 0.3) is 10.6 Å². The monoisotopic (exact) mass is 446 g/mol. The predicted octanol–water partition coefficient (Wildman–Crippen LogP) is 3.96. The molecular weight excluding hydrogens is 439 g/mol. The van der Waals surface area contributed by atoms with Crippen molar-refractivity contribution in [2.45, 2.75) is 6.29 Å². The molecule has 0 aliphatic carbocycles. The molecule has 1 aliphatic heterocycles. The average molecular weight is 446 g/mol. The zero-order valence-electron chi connectivity index (χ0n) is 13.0. The number of rotatable bonds is 4. The van der Waals surface area contributed by atoms with Crippen molar-refractivity contribution in [3.8, 4) is 22.1 Å². The molecule has 27 heavy (non-hydrogen) atoms. The third kappa shape index (κ3) is 4.33. The van der Waals surface area contributed by atoms with Gasteiger partial charge in [0, 0.05) is 22.7 Å². The Morgan fingerprint density at radius 3 is 2.93 bits per heavy atom. The number of hydrogen-bond acceptors (Lipinski definition) is 7. The summed E-state index contributed by atoms with van der Waals surface area (Å²) in [7, 11) is 0. The fourth-order valence-corrected chi connectivity index (χ4v) is 3.56. The number of ether oxygens (including phenoxy) is 2. The van der Waals surface area contributed by atoms with Crippen molar-refractivity contribution in [1.82, 2.24) is 10.3 Å². The van der Waals surface area contributed by atoms with E-state index in [1.54, 1.807) is 16.7 Å². The second-order valence-electron chi connectivity index (χ2n) is 4.94. The van der Waals surface area contributed by atoms with Gasteiger partial charge in [0.2, 0.25) is 0 Å². The molecule has 3 heterocycles. The maximum atomic E-state index is 13.0. The Morgan fingerprint density at radius 2 is 2.15 bits per heavy atom. The third-order valence-electron chi connectivity index (χ3n) is 3.17. The number of nitrogens with one attached hydrogen (secondary N) is 1. The second kappa shape index (κ2) is 7.73. The summed E-state index contributed by atoms with van der Waals surface area (Å²) in [5, 5.41) is 8.56. The van der Waals surface area contributed by atoms with Crippen LogP contribution in [-0.2, 0) is 17.1 Å². The first-order valence-electron chi connectivity index (χ1n) is 7.06. The number of carbonyl (C=O) groups excluding carboxylic acids is 1. The van der Waals surface area contributed by atoms with Gasteiger partial charge in [-0.15, -0.1) is 31.9 Å². The molecule has 1 N–H and O–H groups in total. The minimum absolute atomic E-state index is 0. The number of thiazole rings is 1. The summed E-state index contributed by atoms with van der Waals surface area (Å²) in [5.41, 5.74) is 1.32. The van der Waals surface area contributed by atoms with Crippen LogP contribution in [-0.4, -0.2) is 23.5 Å². The van der Waals surface area contributed by atoms with Crippen molar-refractivity contribution in [2.75, 3.05) is 0 Å². The van der Waals surface area contributed by atoms with E-state index in [0.717, 1.165) is 10.6 Å². The number of halogens is 2. The Morgan fingerprint density at radius 1 is 1.33 bits per heavy atom. The molecule has 3 aromatic rings. The van der Waals surface area contributed by atoms with Gasteiger partial charge in [0.1, 0.15) is 5.01 Å². The number of aromatic nitrogens is 1. The van der Waals surface area contributed by atoms with E-state index in [1.165, 1.54) is 23.5 Å². The summed E-state index contributed by atoms with van der Waals surface area (Å²) in [6, 6.07) is 6.90. The van der Waals surface area contributed by atoms with Crippen LogP contribution in [0.5, 0.6) is 11.5 Å². The van der Waals surface area contributed by atoms with Crippen molar-refractivity contribution < 1.29 is 40.1 Å². The van der Waals surface area contributed by atoms with Crippen LogP contribution < -0.4 is 14.8 Å². The van der Waals surface area contributed by atoms with Crippen LogP contribution >= 0.6 is 22.7 Å². The Kier molecular flexibility index (Phi) is 5.56. The number of amides is 1. The van der Waals surface area contributed by atoms with Crippen LogP contribution in [0.15, 0.2) is 39.3 Å². The maximum Gasteiger partial charge on any atom is 2.00 e. The van der Waals surface area contributed by atoms with Crippen LogP contribution in [0.2, 0.25) is 0 Å². The average Bonchev–Trinajstić information content (AvgIpc) is 3.32. The summed E-state index contributed by atoms with van der Waals surface area (Å²) < 4.78 is 34.5. The van der Waals surface area contributed by atoms with E-state index in [-0.39, 0.29) is 39.9 Å². The number of aliphatic imine (C=N–C) groups is 1. The molecule has 0 spiro atoms. The van der Waals surface area contributed by atoms with Crippen molar-refractivity contribution in [3.63, 3.8) is 0 Å². The number of carbonyl (C=O) groups is 1. The largest absolute Gasteiger partial charge is 2.00 e. The molecule has 11 heteroatoms. The molecule has 137 valence electrons. The molecule has 0 bridgehead atoms. The van der Waals surface area contributed by atoms with Crippen LogP contribution in [0.4, 0.5) is 14.5 Å². The van der Waals surface area contributed by atoms with Gasteiger partial charge in [-0.05, 0) is 11.4 Å². The van der Waals surface area contributed by atoms with Gasteiger partial charge in [-0.1, -0.05) is 0 Å². The molecule has 0 unspecified atom stereocenters. The Bertz CT molecular complexity index is 993. The van der Waals surface area contributed by atoms with E-state index in [2.05, 4.69) is 37.2 Å². The third-order valence-corrected chi connectivity index (χ3v) is 4.74. The zero-order chi connectivity index (χ0) is 18.1. The fourth-order valence-electron chi connectivity index (χ4n) is 2.05. The topological polar surface area (TPSA) is 72.8 Å². The van der Waals surface area contributed by atoms with Crippen molar-refractivity contribution >= 4 is 40.6 Å². The number of thiophene rings is 1. The summed E-state index contributed by atoms with van der Waals surface area (Å²) in [5.74, 6) is -0.791. The molecule has 2 aromatic heterocycles. The van der Waals surface area contributed by atoms with Crippen molar-refractivity contribution in [2.24, 2.45) is 4.99 Å². The van der Waals surface area contributed by atoms with E-state index >= 15 is 0 Å². The molecule has 4 rings (SSSR count). The normalized spacial score (nSPS) is 14.1. The smallest absolute Gasteiger partial charge is 0.460 e. The van der Waals surface area contributed by atoms with Gasteiger partial charge in [0.05, 0.1) is 17.2 Å². The first-order chi connectivity index (χ1) is 12.5. The molecule has 0 saturated heterocycles. The van der Waals surface area contributed by atoms with Crippen LogP contribution in [0.1, 0.15) is 10.5 Å². The van der Waals surface area contributed by atoms with Gasteiger partial charge in [-0.2, -0.15) is 17.4 Å². The van der Waals surface area contributed by atoms with E-state index in [9.17, 15) is 13.6 Å². The quantitative estimate of drug-likeness (QED) is 0.217. The van der Waals surface area contributed by atoms with Gasteiger partial charge in [0.15, 0.2) is 5.91 Å². The summed E-state index contributed by atoms with van der Waals surface area (Å²) >= 11 is 2.89. The molecular formula is C16H7F2MnN3O3S2. The molecule has 6 nitrogen and oxygen atoms in total. The van der Waals surface area contributed by atoms with Gasteiger partial charge in [-0.3, -0.25) is 0 Å². The van der Waals surface area contributed by atoms with E-state index in [1.807, 2.05) is 16.8 Å². The van der Waals surface area contributed by atoms with E-state index in [4.69, 9.17) is 0 Å². The number of nitrogens with zero attached hydrogens (tertiary/aromatic N) is 2. The van der Waals surface area contributed by atoms with Crippen molar-refractivity contribution in [1.29, 1.82) is 0 Å². The molecule has 1 radical (unpaired) electrons. The number of benzene rings is 1. The van der Waals surface area contributed by atoms with Gasteiger partial charge >= 0.3 is 23.4 Å². The molecule has 0 saturated carbocycles. The van der Waals surface area contributed by atoms with Gasteiger partial charge in [-0.25, -0.2) is 11.1 Å². The fraction of sp³-hybridized carbons (Fsp3) is 0.0625. The van der Waals surface area contributed by atoms with Crippen LogP contribution in [0.3, 0.4) is 0 Å². The molecule has 1 aliphatic rings. The van der Waals surface area contributed by atoms with Gasteiger partial charge in [0.25, 0.3) is 0 Å². The van der Waals surface area contributed by atoms with Crippen molar-refractivity contribution in [3.05, 3.63) is 46.1 Å². The summed E-state index contributed by atoms with van der Waals surface area (Å²) in [4.78, 5) is 20.1. The Hall–Kier alpha value is -2.33. The van der Waals surface area contributed by atoms with Crippen LogP contribution in [0, 0.1) is 6.07 Å². The number of alkyl halides is 2. The standard InChI is InChI=1S/C16H7F2N3O3S2.Mn/c17-16(18)23-12-2-1-10(5-13(12)24-16)19-8-20-14(22)11-7-26-15(21-11)9-3-4-25-6-9;/h2-7H,(H,19,20,22);/q-2;+2. The molecule has 1 aromatic carbocycles. The minimum atomic E-state index is -3.71. The number of fused-ring (bicyclic) bond motifs is 1. The molecule has 1 amide bonds. The maximum absolute atomic E-state index is 13.0. The first kappa shape index (κ1) is 19.4. The molecule has 0 atom stereocenters. The number of hydrogen-bond donors (Lipinski definition) is 1. The predicted molar refractivity (Wildman–Crippen MR) is 91.5 cm³/mol. The Labute approximate surface area is 170 Å². The Balaban J connectivity index is 0.00000210. The van der Waals surface area contributed by atoms with Gasteiger partial charge < -0.3 is 24.6 Å². The minimum Gasteiger partial charge on any atom is -0.460 e. The first-order valence-corrected chi connectivity index (χ1v) is 8.88. The summed E-state index contributed by atoms with van der Waals surface area (Å²) in [6.07, 6.45) is -1.37. The van der Waals surface area contributed by atoms with E-state index < -0.39 is 12.2 Å². The van der Waals surface area contributed by atoms with E-state index in [0.29, 0.717) is 0 Å².